The van der Waals surface area contributed by atoms with E-state index in [9.17, 15) is 0 Å². The van der Waals surface area contributed by atoms with Gasteiger partial charge in [0.1, 0.15) is 5.58 Å². The molecule has 8 aromatic carbocycles. The highest BCUT2D eigenvalue weighted by molar-refractivity contribution is 7.25. The molecule has 0 fully saturated rings. The molecule has 0 saturated heterocycles. The second kappa shape index (κ2) is 10.7. The molecular formula is C44H28N2OS. The third-order valence-corrected chi connectivity index (χ3v) is 10.5. The van der Waals surface area contributed by atoms with Crippen molar-refractivity contribution in [2.24, 2.45) is 0 Å². The summed E-state index contributed by atoms with van der Waals surface area (Å²) in [6.07, 6.45) is 0. The van der Waals surface area contributed by atoms with Crippen LogP contribution >= 0.6 is 11.3 Å². The van der Waals surface area contributed by atoms with E-state index in [1.54, 1.807) is 0 Å². The topological polar surface area (TPSA) is 28.4 Å². The lowest BCUT2D eigenvalue weighted by atomic mass is 10.1. The molecule has 0 aliphatic rings. The summed E-state index contributed by atoms with van der Waals surface area (Å²) in [5.41, 5.74) is 7.16. The number of anilines is 5. The second-order valence-electron chi connectivity index (χ2n) is 12.3. The van der Waals surface area contributed by atoms with Gasteiger partial charge >= 0.3 is 0 Å². The number of furan rings is 1. The number of hydrogen-bond donors (Lipinski definition) is 1. The summed E-state index contributed by atoms with van der Waals surface area (Å²) < 4.78 is 9.09. The van der Waals surface area contributed by atoms with Crippen LogP contribution in [0.15, 0.2) is 168 Å². The fourth-order valence-electron chi connectivity index (χ4n) is 7.12. The van der Waals surface area contributed by atoms with Crippen molar-refractivity contribution in [3.63, 3.8) is 0 Å². The highest BCUT2D eigenvalue weighted by Gasteiger charge is 2.20. The van der Waals surface area contributed by atoms with E-state index in [1.807, 2.05) is 23.5 Å². The third kappa shape index (κ3) is 4.34. The Morgan fingerprint density at radius 1 is 0.458 bits per heavy atom. The Morgan fingerprint density at radius 2 is 1.19 bits per heavy atom. The maximum Gasteiger partial charge on any atom is 0.159 e. The summed E-state index contributed by atoms with van der Waals surface area (Å²) in [7, 11) is 0. The summed E-state index contributed by atoms with van der Waals surface area (Å²) in [5, 5.41) is 13.3. The number of para-hydroxylation sites is 2. The first-order chi connectivity index (χ1) is 23.8. The van der Waals surface area contributed by atoms with Crippen LogP contribution in [0.3, 0.4) is 0 Å². The molecular weight excluding hydrogens is 605 g/mol. The molecule has 0 saturated carbocycles. The van der Waals surface area contributed by atoms with E-state index in [2.05, 4.69) is 162 Å². The molecule has 0 bridgehead atoms. The fourth-order valence-corrected chi connectivity index (χ4v) is 8.25. The number of nitrogens with one attached hydrogen (secondary N) is 1. The van der Waals surface area contributed by atoms with Gasteiger partial charge in [-0.15, -0.1) is 11.3 Å². The molecule has 0 spiro atoms. The van der Waals surface area contributed by atoms with Crippen LogP contribution in [-0.4, -0.2) is 0 Å². The zero-order valence-corrected chi connectivity index (χ0v) is 26.7. The SMILES string of the molecule is c1ccc2cc(N(c3ccc4sc5cc(Nc6cccc7ccccc67)ccc5c4c3)c3cccc4c3oc3ccccc34)ccc2c1. The van der Waals surface area contributed by atoms with Gasteiger partial charge in [-0.3, -0.25) is 0 Å². The molecule has 0 radical (unpaired) electrons. The van der Waals surface area contributed by atoms with Crippen LogP contribution in [0.25, 0.3) is 63.7 Å². The fraction of sp³-hybridized carbons (Fsp3) is 0. The first kappa shape index (κ1) is 27.1. The van der Waals surface area contributed by atoms with Crippen molar-refractivity contribution >= 4 is 103 Å². The van der Waals surface area contributed by atoms with Crippen LogP contribution in [0.4, 0.5) is 28.4 Å². The van der Waals surface area contributed by atoms with E-state index in [4.69, 9.17) is 4.42 Å². The average molecular weight is 633 g/mol. The van der Waals surface area contributed by atoms with E-state index in [0.717, 1.165) is 50.4 Å². The van der Waals surface area contributed by atoms with Gasteiger partial charge in [0.25, 0.3) is 0 Å². The summed E-state index contributed by atoms with van der Waals surface area (Å²) >= 11 is 1.83. The zero-order chi connectivity index (χ0) is 31.6. The van der Waals surface area contributed by atoms with Crippen molar-refractivity contribution in [2.45, 2.75) is 0 Å². The van der Waals surface area contributed by atoms with Gasteiger partial charge < -0.3 is 14.6 Å². The number of benzene rings is 8. The van der Waals surface area contributed by atoms with Crippen LogP contribution in [-0.2, 0) is 0 Å². The van der Waals surface area contributed by atoms with Crippen LogP contribution in [0, 0.1) is 0 Å². The molecule has 3 nitrogen and oxygen atoms in total. The first-order valence-corrected chi connectivity index (χ1v) is 17.0. The van der Waals surface area contributed by atoms with Crippen molar-refractivity contribution in [1.82, 2.24) is 0 Å². The Bertz CT molecular complexity index is 2840. The van der Waals surface area contributed by atoms with Gasteiger partial charge in [0.05, 0.1) is 5.69 Å². The highest BCUT2D eigenvalue weighted by Crippen LogP contribution is 2.45. The molecule has 0 unspecified atom stereocenters. The van der Waals surface area contributed by atoms with Crippen LogP contribution in [0.2, 0.25) is 0 Å². The van der Waals surface area contributed by atoms with Crippen molar-refractivity contribution in [2.75, 3.05) is 10.2 Å². The van der Waals surface area contributed by atoms with Crippen LogP contribution in [0.1, 0.15) is 0 Å². The van der Waals surface area contributed by atoms with Gasteiger partial charge in [-0.1, -0.05) is 103 Å². The Hall–Kier alpha value is -6.10. The lowest BCUT2D eigenvalue weighted by molar-refractivity contribution is 0.669. The van der Waals surface area contributed by atoms with E-state index in [0.29, 0.717) is 0 Å². The lowest BCUT2D eigenvalue weighted by Crippen LogP contribution is -2.10. The first-order valence-electron chi connectivity index (χ1n) is 16.2. The summed E-state index contributed by atoms with van der Waals surface area (Å²) in [4.78, 5) is 2.34. The molecule has 1 N–H and O–H groups in total. The Morgan fingerprint density at radius 3 is 2.12 bits per heavy atom. The van der Waals surface area contributed by atoms with E-state index in [-0.39, 0.29) is 0 Å². The second-order valence-corrected chi connectivity index (χ2v) is 13.3. The number of fused-ring (bicyclic) bond motifs is 8. The monoisotopic (exact) mass is 632 g/mol. The Kier molecular flexibility index (Phi) is 6.05. The van der Waals surface area contributed by atoms with Crippen LogP contribution in [0.5, 0.6) is 0 Å². The van der Waals surface area contributed by atoms with E-state index < -0.39 is 0 Å². The normalized spacial score (nSPS) is 11.8. The Labute approximate surface area is 280 Å². The van der Waals surface area contributed by atoms with Gasteiger partial charge in [-0.25, -0.2) is 0 Å². The molecule has 0 amide bonds. The molecule has 226 valence electrons. The summed E-state index contributed by atoms with van der Waals surface area (Å²) in [6, 6.07) is 58.5. The molecule has 2 aromatic heterocycles. The number of rotatable bonds is 5. The van der Waals surface area contributed by atoms with Gasteiger partial charge in [-0.05, 0) is 76.8 Å². The van der Waals surface area contributed by atoms with Gasteiger partial charge in [0.2, 0.25) is 0 Å². The smallest absolute Gasteiger partial charge is 0.159 e. The predicted molar refractivity (Wildman–Crippen MR) is 206 cm³/mol. The lowest BCUT2D eigenvalue weighted by Gasteiger charge is -2.26. The van der Waals surface area contributed by atoms with E-state index in [1.165, 1.54) is 41.7 Å². The molecule has 2 heterocycles. The number of nitrogens with zero attached hydrogens (tertiary/aromatic N) is 1. The van der Waals surface area contributed by atoms with E-state index >= 15 is 0 Å². The Balaban J connectivity index is 1.13. The summed E-state index contributed by atoms with van der Waals surface area (Å²) in [6.45, 7) is 0. The molecule has 10 rings (SSSR count). The average Bonchev–Trinajstić information content (AvgIpc) is 3.70. The van der Waals surface area contributed by atoms with Gasteiger partial charge in [-0.2, -0.15) is 0 Å². The quantitative estimate of drug-likeness (QED) is 0.205. The van der Waals surface area contributed by atoms with Crippen molar-refractivity contribution in [3.8, 4) is 0 Å². The molecule has 4 heteroatoms. The largest absolute Gasteiger partial charge is 0.454 e. The third-order valence-electron chi connectivity index (χ3n) is 9.40. The number of thiophene rings is 1. The number of hydrogen-bond acceptors (Lipinski definition) is 4. The molecule has 10 aromatic rings. The minimum absolute atomic E-state index is 0.881. The zero-order valence-electron chi connectivity index (χ0n) is 25.9. The van der Waals surface area contributed by atoms with Crippen molar-refractivity contribution in [3.05, 3.63) is 164 Å². The molecule has 0 aliphatic heterocycles. The van der Waals surface area contributed by atoms with Gasteiger partial charge in [0.15, 0.2) is 5.58 Å². The standard InChI is InChI=1S/C44H28N2OS/c1-2-11-30-25-32(21-19-28(30)9-1)46(40-17-8-15-37-35-14-5-6-18-41(35)47-44(37)40)33-22-24-42-38(27-33)36-23-20-31(26-43(36)48-42)45-39-16-7-12-29-10-3-4-13-34(29)39/h1-27,45H. The minimum atomic E-state index is 0.881. The maximum absolute atomic E-state index is 6.58. The highest BCUT2D eigenvalue weighted by atomic mass is 32.1. The van der Waals surface area contributed by atoms with Crippen LogP contribution < -0.4 is 10.2 Å². The summed E-state index contributed by atoms with van der Waals surface area (Å²) in [5.74, 6) is 0. The molecule has 0 aliphatic carbocycles. The van der Waals surface area contributed by atoms with Crippen molar-refractivity contribution < 1.29 is 4.42 Å². The molecule has 0 atom stereocenters. The van der Waals surface area contributed by atoms with Crippen molar-refractivity contribution in [1.29, 1.82) is 0 Å². The predicted octanol–water partition coefficient (Wildman–Crippen LogP) is 13.5. The minimum Gasteiger partial charge on any atom is -0.454 e. The maximum atomic E-state index is 6.58. The molecule has 48 heavy (non-hydrogen) atoms. The van der Waals surface area contributed by atoms with Gasteiger partial charge in [0, 0.05) is 59.1 Å².